The van der Waals surface area contributed by atoms with Crippen LogP contribution in [0, 0.1) is 0 Å². The second-order valence-corrected chi connectivity index (χ2v) is 5.71. The first-order chi connectivity index (χ1) is 4.52. The summed E-state index contributed by atoms with van der Waals surface area (Å²) in [6, 6.07) is 0. The van der Waals surface area contributed by atoms with Crippen molar-refractivity contribution in [1.82, 2.24) is 0 Å². The van der Waals surface area contributed by atoms with Crippen LogP contribution >= 0.6 is 22.4 Å². The van der Waals surface area contributed by atoms with E-state index in [1.807, 2.05) is 0 Å². The van der Waals surface area contributed by atoms with Crippen molar-refractivity contribution in [3.8, 4) is 0 Å². The van der Waals surface area contributed by atoms with Crippen LogP contribution < -0.4 is 0 Å². The molecule has 0 radical (unpaired) electrons. The molecular formula is C5H7ClO2S2. The Kier molecular flexibility index (Phi) is 2.32. The Morgan fingerprint density at radius 2 is 2.10 bits per heavy atom. The molecule has 0 aliphatic carbocycles. The maximum Gasteiger partial charge on any atom is 0.258 e. The monoisotopic (exact) mass is 198 g/mol. The smallest absolute Gasteiger partial charge is 0.207 e. The number of halogens is 1. The minimum atomic E-state index is -3.42. The van der Waals surface area contributed by atoms with E-state index in [0.29, 0.717) is 10.7 Å². The highest BCUT2D eigenvalue weighted by molar-refractivity contribution is 8.17. The van der Waals surface area contributed by atoms with Crippen LogP contribution in [0.3, 0.4) is 0 Å². The van der Waals surface area contributed by atoms with Gasteiger partial charge in [0.25, 0.3) is 9.05 Å². The highest BCUT2D eigenvalue weighted by atomic mass is 35.7. The van der Waals surface area contributed by atoms with Crippen molar-refractivity contribution < 1.29 is 8.42 Å². The molecule has 0 spiro atoms. The van der Waals surface area contributed by atoms with E-state index >= 15 is 0 Å². The van der Waals surface area contributed by atoms with Crippen molar-refractivity contribution in [2.24, 2.45) is 0 Å². The summed E-state index contributed by atoms with van der Waals surface area (Å²) in [7, 11) is 1.71. The van der Waals surface area contributed by atoms with E-state index in [2.05, 4.69) is 0 Å². The zero-order valence-electron chi connectivity index (χ0n) is 5.43. The summed E-state index contributed by atoms with van der Waals surface area (Å²) in [5.74, 6) is 1.33. The van der Waals surface area contributed by atoms with E-state index in [0.717, 1.165) is 11.3 Å². The molecule has 58 valence electrons. The first-order valence-electron chi connectivity index (χ1n) is 2.73. The molecule has 0 bridgehead atoms. The molecule has 1 aliphatic heterocycles. The lowest BCUT2D eigenvalue weighted by atomic mass is 10.3. The minimum Gasteiger partial charge on any atom is -0.207 e. The third kappa shape index (κ3) is 1.68. The Balaban J connectivity index is 3.04. The van der Waals surface area contributed by atoms with Crippen LogP contribution in [-0.2, 0) is 9.05 Å². The van der Waals surface area contributed by atoms with E-state index in [-0.39, 0.29) is 0 Å². The summed E-state index contributed by atoms with van der Waals surface area (Å²) < 4.78 is 21.5. The standard InChI is InChI=1S/C5H7ClO2S2/c1-4-2-9-3-5(4)10(6,7)8/h2-3H2,1H3. The molecule has 0 aromatic carbocycles. The Morgan fingerprint density at radius 3 is 2.30 bits per heavy atom. The molecule has 0 amide bonds. The average Bonchev–Trinajstić information content (AvgIpc) is 2.11. The van der Waals surface area contributed by atoms with Crippen molar-refractivity contribution in [2.45, 2.75) is 6.92 Å². The number of hydrogen-bond acceptors (Lipinski definition) is 3. The minimum absolute atomic E-state index is 0.402. The fourth-order valence-electron chi connectivity index (χ4n) is 0.779. The SMILES string of the molecule is CC1=C(S(=O)(=O)Cl)CSC1. The van der Waals surface area contributed by atoms with Gasteiger partial charge in [-0.15, -0.1) is 0 Å². The highest BCUT2D eigenvalue weighted by Gasteiger charge is 2.21. The second-order valence-electron chi connectivity index (χ2n) is 2.13. The van der Waals surface area contributed by atoms with Crippen LogP contribution in [0.1, 0.15) is 6.92 Å². The van der Waals surface area contributed by atoms with Gasteiger partial charge in [-0.05, 0) is 12.5 Å². The van der Waals surface area contributed by atoms with Crippen LogP contribution in [-0.4, -0.2) is 19.9 Å². The molecule has 2 nitrogen and oxygen atoms in total. The molecule has 5 heteroatoms. The summed E-state index contributed by atoms with van der Waals surface area (Å²) >= 11 is 1.58. The molecule has 0 unspecified atom stereocenters. The van der Waals surface area contributed by atoms with E-state index in [1.165, 1.54) is 0 Å². The topological polar surface area (TPSA) is 34.1 Å². The van der Waals surface area contributed by atoms with Gasteiger partial charge in [-0.1, -0.05) is 0 Å². The number of rotatable bonds is 1. The lowest BCUT2D eigenvalue weighted by molar-refractivity contribution is 0.615. The zero-order valence-corrected chi connectivity index (χ0v) is 7.81. The maximum atomic E-state index is 10.7. The second kappa shape index (κ2) is 2.75. The molecule has 0 saturated heterocycles. The maximum absolute atomic E-state index is 10.7. The third-order valence-electron chi connectivity index (χ3n) is 1.32. The molecule has 1 heterocycles. The van der Waals surface area contributed by atoms with Gasteiger partial charge < -0.3 is 0 Å². The fraction of sp³-hybridized carbons (Fsp3) is 0.600. The quantitative estimate of drug-likeness (QED) is 0.600. The fourth-order valence-corrected chi connectivity index (χ4v) is 3.98. The molecule has 0 atom stereocenters. The van der Waals surface area contributed by atoms with Crippen molar-refractivity contribution in [1.29, 1.82) is 0 Å². The predicted octanol–water partition coefficient (Wildman–Crippen LogP) is 1.58. The largest absolute Gasteiger partial charge is 0.258 e. The van der Waals surface area contributed by atoms with E-state index in [1.54, 1.807) is 18.7 Å². The molecule has 0 aromatic rings. The first kappa shape index (κ1) is 8.43. The molecular weight excluding hydrogens is 192 g/mol. The van der Waals surface area contributed by atoms with Gasteiger partial charge in [0.05, 0.1) is 4.91 Å². The Bertz CT molecular complexity index is 265. The van der Waals surface area contributed by atoms with Gasteiger partial charge in [0, 0.05) is 22.2 Å². The van der Waals surface area contributed by atoms with Gasteiger partial charge in [-0.3, -0.25) is 0 Å². The summed E-state index contributed by atoms with van der Waals surface area (Å²) in [5, 5.41) is 0. The molecule has 0 fully saturated rings. The first-order valence-corrected chi connectivity index (χ1v) is 6.19. The highest BCUT2D eigenvalue weighted by Crippen LogP contribution is 2.29. The van der Waals surface area contributed by atoms with Crippen LogP contribution in [0.15, 0.2) is 10.5 Å². The van der Waals surface area contributed by atoms with Crippen LogP contribution in [0.5, 0.6) is 0 Å². The van der Waals surface area contributed by atoms with Crippen molar-refractivity contribution in [3.63, 3.8) is 0 Å². The molecule has 0 N–H and O–H groups in total. The van der Waals surface area contributed by atoms with Crippen molar-refractivity contribution in [2.75, 3.05) is 11.5 Å². The zero-order chi connectivity index (χ0) is 7.78. The summed E-state index contributed by atoms with van der Waals surface area (Å²) in [4.78, 5) is 0.402. The van der Waals surface area contributed by atoms with Crippen LogP contribution in [0.2, 0.25) is 0 Å². The summed E-state index contributed by atoms with van der Waals surface area (Å²) in [5.41, 5.74) is 0.889. The van der Waals surface area contributed by atoms with Crippen molar-refractivity contribution >= 4 is 31.5 Å². The predicted molar refractivity (Wildman–Crippen MR) is 44.8 cm³/mol. The molecule has 0 aromatic heterocycles. The van der Waals surface area contributed by atoms with Gasteiger partial charge in [0.1, 0.15) is 0 Å². The lowest BCUT2D eigenvalue weighted by Gasteiger charge is -1.94. The van der Waals surface area contributed by atoms with E-state index in [4.69, 9.17) is 10.7 Å². The van der Waals surface area contributed by atoms with E-state index < -0.39 is 9.05 Å². The van der Waals surface area contributed by atoms with Gasteiger partial charge in [0.15, 0.2) is 0 Å². The third-order valence-corrected chi connectivity index (χ3v) is 4.27. The number of hydrogen-bond donors (Lipinski definition) is 0. The summed E-state index contributed by atoms with van der Waals surface area (Å²) in [6.07, 6.45) is 0. The van der Waals surface area contributed by atoms with E-state index in [9.17, 15) is 8.42 Å². The normalized spacial score (nSPS) is 20.2. The Morgan fingerprint density at radius 1 is 1.50 bits per heavy atom. The van der Waals surface area contributed by atoms with Gasteiger partial charge in [-0.25, -0.2) is 8.42 Å². The molecule has 10 heavy (non-hydrogen) atoms. The lowest BCUT2D eigenvalue weighted by Crippen LogP contribution is -1.96. The average molecular weight is 199 g/mol. The Hall–Kier alpha value is 0.330. The molecule has 1 aliphatic rings. The van der Waals surface area contributed by atoms with Gasteiger partial charge in [0.2, 0.25) is 0 Å². The summed E-state index contributed by atoms with van der Waals surface area (Å²) in [6.45, 7) is 1.80. The number of thioether (sulfide) groups is 1. The van der Waals surface area contributed by atoms with Gasteiger partial charge >= 0.3 is 0 Å². The molecule has 1 rings (SSSR count). The molecule has 0 saturated carbocycles. The Labute approximate surface area is 69.1 Å². The van der Waals surface area contributed by atoms with Crippen LogP contribution in [0.25, 0.3) is 0 Å². The van der Waals surface area contributed by atoms with Crippen LogP contribution in [0.4, 0.5) is 0 Å². The van der Waals surface area contributed by atoms with Gasteiger partial charge in [-0.2, -0.15) is 11.8 Å². The van der Waals surface area contributed by atoms with Crippen molar-refractivity contribution in [3.05, 3.63) is 10.5 Å².